The second kappa shape index (κ2) is 10.9. The molecule has 0 spiro atoms. The summed E-state index contributed by atoms with van der Waals surface area (Å²) in [6, 6.07) is 26.7. The van der Waals surface area contributed by atoms with Gasteiger partial charge in [0.2, 0.25) is 0 Å². The number of carbonyl (C=O) groups is 1. The van der Waals surface area contributed by atoms with Gasteiger partial charge in [0.25, 0.3) is 0 Å². The fourth-order valence-electron chi connectivity index (χ4n) is 4.83. The van der Waals surface area contributed by atoms with Crippen molar-refractivity contribution >= 4 is 28.1 Å². The molecule has 2 N–H and O–H groups in total. The summed E-state index contributed by atoms with van der Waals surface area (Å²) in [6.07, 6.45) is 0.543. The third-order valence-corrected chi connectivity index (χ3v) is 6.60. The van der Waals surface area contributed by atoms with E-state index >= 15 is 0 Å². The van der Waals surface area contributed by atoms with Crippen LogP contribution in [0.4, 0.5) is 15.8 Å². The lowest BCUT2D eigenvalue weighted by Gasteiger charge is -2.37. The molecule has 1 heterocycles. The van der Waals surface area contributed by atoms with Gasteiger partial charge in [0.1, 0.15) is 23.3 Å². The Balaban J connectivity index is 1.31. The number of rotatable bonds is 9. The highest BCUT2D eigenvalue weighted by molar-refractivity contribution is 5.86. The third kappa shape index (κ3) is 5.52. The predicted octanol–water partition coefficient (Wildman–Crippen LogP) is 6.08. The number of fused-ring (bicyclic) bond motifs is 2. The maximum Gasteiger partial charge on any atom is 0.341 e. The summed E-state index contributed by atoms with van der Waals surface area (Å²) >= 11 is 0. The number of carboxylic acid groups (broad SMARTS) is 1. The molecular weight excluding hydrogens is 471 g/mol. The Labute approximate surface area is 215 Å². The van der Waals surface area contributed by atoms with Crippen molar-refractivity contribution in [3.8, 4) is 11.5 Å². The van der Waals surface area contributed by atoms with E-state index in [2.05, 4.69) is 48.6 Å². The van der Waals surface area contributed by atoms with Crippen LogP contribution in [0.5, 0.6) is 11.5 Å². The number of hydrogen-bond donors (Lipinski definition) is 2. The van der Waals surface area contributed by atoms with Crippen LogP contribution in [-0.4, -0.2) is 36.9 Å². The van der Waals surface area contributed by atoms with Gasteiger partial charge in [-0.1, -0.05) is 54.6 Å². The SMILES string of the molecule is CC(NCCC1CN(c2cccc(OCC(=O)O)c2)c2c(F)cccc2O1)c1cccc2ccccc12. The number of nitrogens with zero attached hydrogens (tertiary/aromatic N) is 1. The Hall–Kier alpha value is -4.10. The summed E-state index contributed by atoms with van der Waals surface area (Å²) in [6.45, 7) is 2.87. The van der Waals surface area contributed by atoms with E-state index in [9.17, 15) is 9.18 Å². The highest BCUT2D eigenvalue weighted by Gasteiger charge is 2.29. The molecule has 1 aliphatic rings. The molecule has 1 aliphatic heterocycles. The summed E-state index contributed by atoms with van der Waals surface area (Å²) in [5.74, 6) is -0.546. The van der Waals surface area contributed by atoms with E-state index < -0.39 is 12.6 Å². The zero-order chi connectivity index (χ0) is 25.8. The molecule has 2 unspecified atom stereocenters. The maximum absolute atomic E-state index is 14.9. The van der Waals surface area contributed by atoms with Gasteiger partial charge >= 0.3 is 5.97 Å². The van der Waals surface area contributed by atoms with E-state index in [0.717, 1.165) is 13.0 Å². The molecule has 0 amide bonds. The van der Waals surface area contributed by atoms with Gasteiger partial charge in [-0.05, 0) is 60.5 Å². The van der Waals surface area contributed by atoms with Gasteiger partial charge in [0, 0.05) is 17.8 Å². The molecule has 37 heavy (non-hydrogen) atoms. The normalized spacial score (nSPS) is 15.6. The van der Waals surface area contributed by atoms with E-state index in [1.165, 1.54) is 22.4 Å². The van der Waals surface area contributed by atoms with Crippen molar-refractivity contribution in [1.29, 1.82) is 0 Å². The fourth-order valence-corrected chi connectivity index (χ4v) is 4.83. The molecule has 0 aromatic heterocycles. The van der Waals surface area contributed by atoms with E-state index in [1.54, 1.807) is 30.3 Å². The number of carboxylic acids is 1. The first-order valence-corrected chi connectivity index (χ1v) is 12.4. The minimum absolute atomic E-state index is 0.151. The van der Waals surface area contributed by atoms with Crippen LogP contribution in [0.15, 0.2) is 84.9 Å². The number of nitrogens with one attached hydrogen (secondary N) is 1. The lowest BCUT2D eigenvalue weighted by atomic mass is 9.99. The number of benzene rings is 4. The van der Waals surface area contributed by atoms with Crippen molar-refractivity contribution in [1.82, 2.24) is 5.32 Å². The summed E-state index contributed by atoms with van der Waals surface area (Å²) in [4.78, 5) is 12.8. The second-order valence-electron chi connectivity index (χ2n) is 9.15. The van der Waals surface area contributed by atoms with Crippen LogP contribution in [-0.2, 0) is 4.79 Å². The Kier molecular flexibility index (Phi) is 7.23. The average molecular weight is 501 g/mol. The molecular formula is C30H29FN2O4. The van der Waals surface area contributed by atoms with E-state index in [4.69, 9.17) is 14.6 Å². The zero-order valence-electron chi connectivity index (χ0n) is 20.6. The Morgan fingerprint density at radius 2 is 1.89 bits per heavy atom. The molecule has 0 radical (unpaired) electrons. The average Bonchev–Trinajstić information content (AvgIpc) is 2.91. The molecule has 190 valence electrons. The number of ether oxygens (including phenoxy) is 2. The second-order valence-corrected chi connectivity index (χ2v) is 9.15. The molecule has 0 saturated carbocycles. The van der Waals surface area contributed by atoms with Crippen LogP contribution in [0.25, 0.3) is 10.8 Å². The molecule has 4 aromatic rings. The summed E-state index contributed by atoms with van der Waals surface area (Å²) < 4.78 is 26.5. The van der Waals surface area contributed by atoms with Gasteiger partial charge < -0.3 is 24.8 Å². The molecule has 0 bridgehead atoms. The van der Waals surface area contributed by atoms with E-state index in [1.807, 2.05) is 17.0 Å². The lowest BCUT2D eigenvalue weighted by Crippen LogP contribution is -2.39. The Morgan fingerprint density at radius 1 is 1.11 bits per heavy atom. The van der Waals surface area contributed by atoms with Crippen molar-refractivity contribution in [2.75, 3.05) is 24.6 Å². The Morgan fingerprint density at radius 3 is 2.76 bits per heavy atom. The first-order valence-electron chi connectivity index (χ1n) is 12.4. The highest BCUT2D eigenvalue weighted by Crippen LogP contribution is 2.41. The van der Waals surface area contributed by atoms with Gasteiger partial charge in [0.15, 0.2) is 12.4 Å². The van der Waals surface area contributed by atoms with Gasteiger partial charge in [0.05, 0.1) is 6.54 Å². The number of anilines is 2. The van der Waals surface area contributed by atoms with Crippen molar-refractivity contribution in [3.05, 3.63) is 96.3 Å². The van der Waals surface area contributed by atoms with Crippen LogP contribution in [0.1, 0.15) is 24.9 Å². The van der Waals surface area contributed by atoms with Crippen molar-refractivity contribution < 1.29 is 23.8 Å². The number of aliphatic carboxylic acids is 1. The smallest absolute Gasteiger partial charge is 0.341 e. The van der Waals surface area contributed by atoms with E-state index in [-0.39, 0.29) is 18.0 Å². The number of hydrogen-bond acceptors (Lipinski definition) is 5. The van der Waals surface area contributed by atoms with Gasteiger partial charge in [-0.15, -0.1) is 0 Å². The van der Waals surface area contributed by atoms with Crippen molar-refractivity contribution in [3.63, 3.8) is 0 Å². The van der Waals surface area contributed by atoms with Crippen LogP contribution in [0.2, 0.25) is 0 Å². The molecule has 2 atom stereocenters. The molecule has 0 aliphatic carbocycles. The topological polar surface area (TPSA) is 71.0 Å². The van der Waals surface area contributed by atoms with Crippen LogP contribution < -0.4 is 19.7 Å². The van der Waals surface area contributed by atoms with Crippen molar-refractivity contribution in [2.24, 2.45) is 0 Å². The molecule has 0 fully saturated rings. The quantitative estimate of drug-likeness (QED) is 0.290. The van der Waals surface area contributed by atoms with Crippen molar-refractivity contribution in [2.45, 2.75) is 25.5 Å². The Bertz CT molecular complexity index is 1400. The first-order chi connectivity index (χ1) is 18.0. The van der Waals surface area contributed by atoms with Gasteiger partial charge in [-0.2, -0.15) is 0 Å². The van der Waals surface area contributed by atoms with Gasteiger partial charge in [-0.3, -0.25) is 0 Å². The summed E-state index contributed by atoms with van der Waals surface area (Å²) in [5, 5.41) is 15.0. The van der Waals surface area contributed by atoms with Crippen LogP contribution in [0, 0.1) is 5.82 Å². The number of halogens is 1. The first kappa shape index (κ1) is 24.6. The molecule has 4 aromatic carbocycles. The van der Waals surface area contributed by atoms with Gasteiger partial charge in [-0.25, -0.2) is 9.18 Å². The van der Waals surface area contributed by atoms with E-state index in [0.29, 0.717) is 29.4 Å². The standard InChI is InChI=1S/C30H29FN2O4/c1-20(25-12-4-8-21-7-2-3-11-26(21)25)32-16-15-24-18-33(30-27(31)13-6-14-28(30)37-24)22-9-5-10-23(17-22)36-19-29(34)35/h2-14,17,20,24,32H,15-16,18-19H2,1H3,(H,34,35). The summed E-state index contributed by atoms with van der Waals surface area (Å²) in [5.41, 5.74) is 2.32. The summed E-state index contributed by atoms with van der Waals surface area (Å²) in [7, 11) is 0. The molecule has 7 heteroatoms. The molecule has 6 nitrogen and oxygen atoms in total. The predicted molar refractivity (Wildman–Crippen MR) is 142 cm³/mol. The minimum Gasteiger partial charge on any atom is -0.486 e. The van der Waals surface area contributed by atoms with Crippen LogP contribution in [0.3, 0.4) is 0 Å². The largest absolute Gasteiger partial charge is 0.486 e. The fraction of sp³-hybridized carbons (Fsp3) is 0.233. The zero-order valence-corrected chi connectivity index (χ0v) is 20.6. The minimum atomic E-state index is -1.06. The molecule has 0 saturated heterocycles. The lowest BCUT2D eigenvalue weighted by molar-refractivity contribution is -0.139. The third-order valence-electron chi connectivity index (χ3n) is 6.60. The molecule has 5 rings (SSSR count). The van der Waals surface area contributed by atoms with Crippen LogP contribution >= 0.6 is 0 Å². The monoisotopic (exact) mass is 500 g/mol. The maximum atomic E-state index is 14.9. The highest BCUT2D eigenvalue weighted by atomic mass is 19.1. The number of para-hydroxylation sites is 1.